The smallest absolute Gasteiger partial charge is 0.154 e. The van der Waals surface area contributed by atoms with Crippen LogP contribution in [0.3, 0.4) is 0 Å². The van der Waals surface area contributed by atoms with Gasteiger partial charge in [-0.3, -0.25) is 4.68 Å². The van der Waals surface area contributed by atoms with E-state index in [0.29, 0.717) is 11.6 Å². The zero-order chi connectivity index (χ0) is 14.8. The van der Waals surface area contributed by atoms with Gasteiger partial charge in [0.1, 0.15) is 0 Å². The summed E-state index contributed by atoms with van der Waals surface area (Å²) in [5.41, 5.74) is 0.724. The van der Waals surface area contributed by atoms with Gasteiger partial charge in [-0.05, 0) is 27.3 Å². The van der Waals surface area contributed by atoms with Crippen LogP contribution in [-0.2, 0) is 16.4 Å². The second-order valence-electron chi connectivity index (χ2n) is 5.20. The first kappa shape index (κ1) is 16.5. The van der Waals surface area contributed by atoms with E-state index in [0.717, 1.165) is 12.1 Å². The lowest BCUT2D eigenvalue weighted by Gasteiger charge is -2.33. The van der Waals surface area contributed by atoms with Crippen molar-refractivity contribution in [3.63, 3.8) is 0 Å². The lowest BCUT2D eigenvalue weighted by molar-refractivity contribution is 0.412. The number of nitrogens with zero attached hydrogens (tertiary/aromatic N) is 2. The predicted molar refractivity (Wildman–Crippen MR) is 78.3 cm³/mol. The highest BCUT2D eigenvalue weighted by Gasteiger charge is 2.41. The van der Waals surface area contributed by atoms with Crippen molar-refractivity contribution in [2.24, 2.45) is 0 Å². The summed E-state index contributed by atoms with van der Waals surface area (Å²) in [7, 11) is -1.52. The molecule has 0 saturated heterocycles. The lowest BCUT2D eigenvalue weighted by Crippen LogP contribution is -2.44. The van der Waals surface area contributed by atoms with Crippen LogP contribution < -0.4 is 5.32 Å². The molecule has 5 nitrogen and oxygen atoms in total. The second-order valence-corrected chi connectivity index (χ2v) is 8.20. The highest BCUT2D eigenvalue weighted by atomic mass is 35.5. The number of rotatable bonds is 6. The third-order valence-corrected chi connectivity index (χ3v) is 5.92. The molecule has 0 fully saturated rings. The molecular weight excluding hydrogens is 286 g/mol. The van der Waals surface area contributed by atoms with Gasteiger partial charge < -0.3 is 5.32 Å². The van der Waals surface area contributed by atoms with E-state index < -0.39 is 20.6 Å². The molecule has 1 atom stereocenters. The molecule has 0 aliphatic carbocycles. The summed E-state index contributed by atoms with van der Waals surface area (Å²) in [5, 5.41) is 7.78. The third-order valence-electron chi connectivity index (χ3n) is 3.48. The van der Waals surface area contributed by atoms with E-state index in [1.165, 1.54) is 6.26 Å². The normalized spacial score (nSPS) is 14.6. The maximum absolute atomic E-state index is 12.0. The Labute approximate surface area is 120 Å². The van der Waals surface area contributed by atoms with Crippen LogP contribution in [0.25, 0.3) is 0 Å². The zero-order valence-electron chi connectivity index (χ0n) is 12.1. The Hall–Kier alpha value is -0.590. The van der Waals surface area contributed by atoms with Gasteiger partial charge in [-0.1, -0.05) is 18.5 Å². The fourth-order valence-electron chi connectivity index (χ4n) is 2.08. The molecule has 1 aromatic heterocycles. The average Bonchev–Trinajstić information content (AvgIpc) is 2.61. The molecule has 1 rings (SSSR count). The van der Waals surface area contributed by atoms with E-state index in [9.17, 15) is 8.42 Å². The topological polar surface area (TPSA) is 64.0 Å². The van der Waals surface area contributed by atoms with E-state index >= 15 is 0 Å². The molecule has 7 heteroatoms. The maximum atomic E-state index is 12.0. The molecule has 1 N–H and O–H groups in total. The number of aryl methyl sites for hydroxylation is 1. The second kappa shape index (κ2) is 5.81. The maximum Gasteiger partial charge on any atom is 0.154 e. The SMILES string of the molecule is CCCn1ncc(Cl)c1C(NC)C(C)(C)S(C)(=O)=O. The number of hydrogen-bond donors (Lipinski definition) is 1. The van der Waals surface area contributed by atoms with E-state index in [1.807, 2.05) is 6.92 Å². The molecule has 1 heterocycles. The van der Waals surface area contributed by atoms with Gasteiger partial charge in [-0.25, -0.2) is 8.42 Å². The quantitative estimate of drug-likeness (QED) is 0.873. The highest BCUT2D eigenvalue weighted by molar-refractivity contribution is 7.92. The standard InChI is InChI=1S/C12H22ClN3O2S/c1-6-7-16-10(9(13)8-15-16)11(14-4)12(2,3)19(5,17)18/h8,11,14H,6-7H2,1-5H3. The number of halogens is 1. The molecule has 0 radical (unpaired) electrons. The number of hydrogen-bond acceptors (Lipinski definition) is 4. The first-order chi connectivity index (χ1) is 8.66. The molecule has 1 unspecified atom stereocenters. The minimum absolute atomic E-state index is 0.413. The molecule has 0 spiro atoms. The van der Waals surface area contributed by atoms with Crippen LogP contribution in [0.5, 0.6) is 0 Å². The summed E-state index contributed by atoms with van der Waals surface area (Å²) in [6, 6.07) is -0.413. The fourth-order valence-corrected chi connectivity index (χ4v) is 2.98. The van der Waals surface area contributed by atoms with Crippen LogP contribution in [0.4, 0.5) is 0 Å². The van der Waals surface area contributed by atoms with Gasteiger partial charge in [0.05, 0.1) is 27.7 Å². The molecule has 1 aromatic rings. The zero-order valence-corrected chi connectivity index (χ0v) is 13.6. The van der Waals surface area contributed by atoms with E-state index in [-0.39, 0.29) is 0 Å². The van der Waals surface area contributed by atoms with E-state index in [4.69, 9.17) is 11.6 Å². The molecule has 0 aliphatic rings. The molecule has 110 valence electrons. The van der Waals surface area contributed by atoms with Crippen molar-refractivity contribution in [1.82, 2.24) is 15.1 Å². The minimum Gasteiger partial charge on any atom is -0.310 e. The van der Waals surface area contributed by atoms with Gasteiger partial charge in [0, 0.05) is 12.8 Å². The molecule has 0 aliphatic heterocycles. The van der Waals surface area contributed by atoms with Gasteiger partial charge in [-0.15, -0.1) is 0 Å². The first-order valence-electron chi connectivity index (χ1n) is 6.24. The molecular formula is C12H22ClN3O2S. The Morgan fingerprint density at radius 3 is 2.53 bits per heavy atom. The van der Waals surface area contributed by atoms with E-state index in [2.05, 4.69) is 10.4 Å². The Morgan fingerprint density at radius 1 is 1.53 bits per heavy atom. The van der Waals surface area contributed by atoms with Crippen LogP contribution in [0.15, 0.2) is 6.20 Å². The Bertz CT molecular complexity index is 537. The summed E-state index contributed by atoms with van der Waals surface area (Å²) in [6.07, 6.45) is 3.71. The van der Waals surface area contributed by atoms with Crippen LogP contribution in [0.2, 0.25) is 5.02 Å². The summed E-state index contributed by atoms with van der Waals surface area (Å²) in [4.78, 5) is 0. The average molecular weight is 308 g/mol. The number of sulfone groups is 1. The summed E-state index contributed by atoms with van der Waals surface area (Å²) in [5.74, 6) is 0. The Morgan fingerprint density at radius 2 is 2.11 bits per heavy atom. The summed E-state index contributed by atoms with van der Waals surface area (Å²) in [6.45, 7) is 6.14. The van der Waals surface area contributed by atoms with Gasteiger partial charge in [0.15, 0.2) is 9.84 Å². The van der Waals surface area contributed by atoms with Crippen molar-refractivity contribution in [1.29, 1.82) is 0 Å². The van der Waals surface area contributed by atoms with Crippen molar-refractivity contribution in [2.75, 3.05) is 13.3 Å². The molecule has 0 bridgehead atoms. The largest absolute Gasteiger partial charge is 0.310 e. The van der Waals surface area contributed by atoms with Crippen molar-refractivity contribution < 1.29 is 8.42 Å². The van der Waals surface area contributed by atoms with Gasteiger partial charge in [-0.2, -0.15) is 5.10 Å². The lowest BCUT2D eigenvalue weighted by atomic mass is 10.00. The molecule has 0 amide bonds. The van der Waals surface area contributed by atoms with Crippen LogP contribution >= 0.6 is 11.6 Å². The van der Waals surface area contributed by atoms with Crippen molar-refractivity contribution in [3.05, 3.63) is 16.9 Å². The number of nitrogens with one attached hydrogen (secondary N) is 1. The van der Waals surface area contributed by atoms with Crippen LogP contribution in [0.1, 0.15) is 38.9 Å². The fraction of sp³-hybridized carbons (Fsp3) is 0.750. The molecule has 19 heavy (non-hydrogen) atoms. The van der Waals surface area contributed by atoms with Gasteiger partial charge >= 0.3 is 0 Å². The highest BCUT2D eigenvalue weighted by Crippen LogP contribution is 2.35. The Balaban J connectivity index is 3.36. The van der Waals surface area contributed by atoms with Crippen LogP contribution in [-0.4, -0.2) is 36.2 Å². The Kier molecular flexibility index (Phi) is 5.03. The number of aromatic nitrogens is 2. The van der Waals surface area contributed by atoms with Gasteiger partial charge in [0.25, 0.3) is 0 Å². The van der Waals surface area contributed by atoms with Crippen molar-refractivity contribution in [3.8, 4) is 0 Å². The van der Waals surface area contributed by atoms with Gasteiger partial charge in [0.2, 0.25) is 0 Å². The predicted octanol–water partition coefficient (Wildman–Crippen LogP) is 2.03. The summed E-state index contributed by atoms with van der Waals surface area (Å²) < 4.78 is 24.8. The first-order valence-corrected chi connectivity index (χ1v) is 8.51. The monoisotopic (exact) mass is 307 g/mol. The van der Waals surface area contributed by atoms with E-state index in [1.54, 1.807) is 31.8 Å². The third kappa shape index (κ3) is 3.12. The van der Waals surface area contributed by atoms with Crippen molar-refractivity contribution >= 4 is 21.4 Å². The van der Waals surface area contributed by atoms with Crippen molar-refractivity contribution in [2.45, 2.75) is 44.5 Å². The molecule has 0 aromatic carbocycles. The summed E-state index contributed by atoms with van der Waals surface area (Å²) >= 11 is 6.19. The van der Waals surface area contributed by atoms with Crippen LogP contribution in [0, 0.1) is 0 Å². The molecule has 0 saturated carbocycles. The minimum atomic E-state index is -3.25.